The number of halogens is 1. The van der Waals surface area contributed by atoms with Crippen LogP contribution in [0.2, 0.25) is 5.15 Å². The lowest BCUT2D eigenvalue weighted by Crippen LogP contribution is -1.95. The minimum atomic E-state index is 0.471. The Hall–Kier alpha value is -1.61. The fourth-order valence-corrected chi connectivity index (χ4v) is 1.84. The van der Waals surface area contributed by atoms with Crippen LogP contribution in [0, 0.1) is 13.8 Å². The Labute approximate surface area is 105 Å². The number of methoxy groups -OCH3 is 1. The van der Waals surface area contributed by atoms with Gasteiger partial charge in [-0.1, -0.05) is 23.2 Å². The van der Waals surface area contributed by atoms with Crippen LogP contribution in [0.1, 0.15) is 11.1 Å². The van der Waals surface area contributed by atoms with Crippen LogP contribution in [-0.2, 0) is 0 Å². The number of aromatic nitrogens is 2. The van der Waals surface area contributed by atoms with Crippen molar-refractivity contribution >= 4 is 11.6 Å². The Kier molecular flexibility index (Phi) is 3.29. The van der Waals surface area contributed by atoms with E-state index < -0.39 is 0 Å². The van der Waals surface area contributed by atoms with E-state index in [9.17, 15) is 0 Å². The number of rotatable bonds is 2. The van der Waals surface area contributed by atoms with Crippen molar-refractivity contribution in [2.45, 2.75) is 13.8 Å². The molecule has 0 N–H and O–H groups in total. The van der Waals surface area contributed by atoms with E-state index in [0.29, 0.717) is 5.15 Å². The van der Waals surface area contributed by atoms with Gasteiger partial charge < -0.3 is 4.74 Å². The van der Waals surface area contributed by atoms with Gasteiger partial charge in [-0.05, 0) is 26.0 Å². The van der Waals surface area contributed by atoms with E-state index in [1.54, 1.807) is 7.11 Å². The molecule has 2 aromatic rings. The minimum Gasteiger partial charge on any atom is -0.496 e. The quantitative estimate of drug-likeness (QED) is 0.764. The van der Waals surface area contributed by atoms with Gasteiger partial charge in [0.05, 0.1) is 12.8 Å². The summed E-state index contributed by atoms with van der Waals surface area (Å²) in [4.78, 5) is 8.24. The summed E-state index contributed by atoms with van der Waals surface area (Å²) in [7, 11) is 1.65. The van der Waals surface area contributed by atoms with Crippen LogP contribution in [0.25, 0.3) is 11.3 Å². The van der Waals surface area contributed by atoms with Crippen LogP contribution in [0.3, 0.4) is 0 Å². The minimum absolute atomic E-state index is 0.471. The molecule has 0 bridgehead atoms. The number of ether oxygens (including phenoxy) is 1. The molecule has 0 radical (unpaired) electrons. The molecular formula is C13H13ClN2O. The summed E-state index contributed by atoms with van der Waals surface area (Å²) in [5, 5.41) is 0.471. The van der Waals surface area contributed by atoms with Gasteiger partial charge in [-0.2, -0.15) is 0 Å². The van der Waals surface area contributed by atoms with Crippen molar-refractivity contribution in [2.75, 3.05) is 7.11 Å². The molecular weight excluding hydrogens is 236 g/mol. The Morgan fingerprint density at radius 1 is 1.18 bits per heavy atom. The zero-order valence-corrected chi connectivity index (χ0v) is 10.7. The molecule has 0 fully saturated rings. The molecule has 1 aromatic carbocycles. The second-order valence-corrected chi connectivity index (χ2v) is 4.20. The lowest BCUT2D eigenvalue weighted by molar-refractivity contribution is 0.416. The Balaban J connectivity index is 2.67. The maximum atomic E-state index is 6.01. The largest absolute Gasteiger partial charge is 0.496 e. The van der Waals surface area contributed by atoms with Crippen LogP contribution < -0.4 is 4.74 Å². The zero-order valence-electron chi connectivity index (χ0n) is 9.99. The molecule has 4 heteroatoms. The van der Waals surface area contributed by atoms with Gasteiger partial charge in [0.2, 0.25) is 0 Å². The van der Waals surface area contributed by atoms with Crippen molar-refractivity contribution in [3.05, 3.63) is 40.8 Å². The first-order chi connectivity index (χ1) is 8.13. The van der Waals surface area contributed by atoms with E-state index in [1.165, 1.54) is 6.33 Å². The molecule has 3 nitrogen and oxygen atoms in total. The molecule has 0 atom stereocenters. The summed E-state index contributed by atoms with van der Waals surface area (Å²) in [6, 6.07) is 5.96. The van der Waals surface area contributed by atoms with Crippen molar-refractivity contribution in [3.8, 4) is 17.0 Å². The van der Waals surface area contributed by atoms with Gasteiger partial charge in [0.15, 0.2) is 0 Å². The standard InChI is InChI=1S/C13H13ClN2O/c1-8-4-5-11(17-3)10(6-8)12-9(2)13(14)16-7-15-12/h4-7H,1-3H3. The maximum Gasteiger partial charge on any atom is 0.135 e. The summed E-state index contributed by atoms with van der Waals surface area (Å²) in [5.74, 6) is 0.786. The van der Waals surface area contributed by atoms with E-state index >= 15 is 0 Å². The first-order valence-corrected chi connectivity index (χ1v) is 5.63. The molecule has 0 aliphatic heterocycles. The predicted octanol–water partition coefficient (Wildman–Crippen LogP) is 3.42. The highest BCUT2D eigenvalue weighted by Gasteiger charge is 2.12. The number of benzene rings is 1. The van der Waals surface area contributed by atoms with E-state index in [4.69, 9.17) is 16.3 Å². The van der Waals surface area contributed by atoms with E-state index in [-0.39, 0.29) is 0 Å². The summed E-state index contributed by atoms with van der Waals surface area (Å²) in [5.41, 5.74) is 3.76. The predicted molar refractivity (Wildman–Crippen MR) is 68.5 cm³/mol. The van der Waals surface area contributed by atoms with E-state index in [0.717, 1.165) is 28.1 Å². The SMILES string of the molecule is COc1ccc(C)cc1-c1ncnc(Cl)c1C. The second-order valence-electron chi connectivity index (χ2n) is 3.84. The lowest BCUT2D eigenvalue weighted by Gasteiger charge is -2.11. The van der Waals surface area contributed by atoms with E-state index in [1.807, 2.05) is 32.0 Å². The molecule has 2 rings (SSSR count). The van der Waals surface area contributed by atoms with Crippen molar-refractivity contribution < 1.29 is 4.74 Å². The third-order valence-corrected chi connectivity index (χ3v) is 3.01. The summed E-state index contributed by atoms with van der Waals surface area (Å²) in [6.07, 6.45) is 1.46. The third-order valence-electron chi connectivity index (χ3n) is 2.63. The van der Waals surface area contributed by atoms with Crippen LogP contribution in [0.15, 0.2) is 24.5 Å². The molecule has 1 aromatic heterocycles. The van der Waals surface area contributed by atoms with Crippen LogP contribution >= 0.6 is 11.6 Å². The van der Waals surface area contributed by atoms with Gasteiger partial charge in [0, 0.05) is 11.1 Å². The van der Waals surface area contributed by atoms with Crippen molar-refractivity contribution in [1.29, 1.82) is 0 Å². The van der Waals surface area contributed by atoms with Gasteiger partial charge >= 0.3 is 0 Å². The maximum absolute atomic E-state index is 6.01. The Morgan fingerprint density at radius 3 is 2.65 bits per heavy atom. The average Bonchev–Trinajstić information content (AvgIpc) is 2.33. The zero-order chi connectivity index (χ0) is 12.4. The highest BCUT2D eigenvalue weighted by Crippen LogP contribution is 2.32. The molecule has 0 unspecified atom stereocenters. The highest BCUT2D eigenvalue weighted by molar-refractivity contribution is 6.30. The molecule has 0 amide bonds. The Morgan fingerprint density at radius 2 is 1.94 bits per heavy atom. The normalized spacial score (nSPS) is 10.4. The highest BCUT2D eigenvalue weighted by atomic mass is 35.5. The van der Waals surface area contributed by atoms with Gasteiger partial charge in [0.25, 0.3) is 0 Å². The Bertz CT molecular complexity index is 555. The summed E-state index contributed by atoms with van der Waals surface area (Å²) < 4.78 is 5.35. The van der Waals surface area contributed by atoms with Gasteiger partial charge in [-0.15, -0.1) is 0 Å². The number of nitrogens with zero attached hydrogens (tertiary/aromatic N) is 2. The topological polar surface area (TPSA) is 35.0 Å². The van der Waals surface area contributed by atoms with Crippen LogP contribution in [0.4, 0.5) is 0 Å². The average molecular weight is 249 g/mol. The van der Waals surface area contributed by atoms with Crippen molar-refractivity contribution in [3.63, 3.8) is 0 Å². The fraction of sp³-hybridized carbons (Fsp3) is 0.231. The monoisotopic (exact) mass is 248 g/mol. The number of aryl methyl sites for hydroxylation is 1. The van der Waals surface area contributed by atoms with Crippen molar-refractivity contribution in [1.82, 2.24) is 9.97 Å². The molecule has 88 valence electrons. The second kappa shape index (κ2) is 4.72. The molecule has 0 saturated heterocycles. The molecule has 17 heavy (non-hydrogen) atoms. The summed E-state index contributed by atoms with van der Waals surface area (Å²) >= 11 is 6.01. The first kappa shape index (κ1) is 11.9. The number of hydrogen-bond acceptors (Lipinski definition) is 3. The molecule has 0 spiro atoms. The van der Waals surface area contributed by atoms with Crippen LogP contribution in [0.5, 0.6) is 5.75 Å². The summed E-state index contributed by atoms with van der Waals surface area (Å²) in [6.45, 7) is 3.93. The molecule has 0 aliphatic carbocycles. The van der Waals surface area contributed by atoms with Crippen LogP contribution in [-0.4, -0.2) is 17.1 Å². The number of hydrogen-bond donors (Lipinski definition) is 0. The third kappa shape index (κ3) is 2.24. The first-order valence-electron chi connectivity index (χ1n) is 5.25. The van der Waals surface area contributed by atoms with Gasteiger partial charge in [-0.3, -0.25) is 0 Å². The van der Waals surface area contributed by atoms with Gasteiger partial charge in [0.1, 0.15) is 17.2 Å². The fourth-order valence-electron chi connectivity index (χ4n) is 1.71. The lowest BCUT2D eigenvalue weighted by atomic mass is 10.0. The van der Waals surface area contributed by atoms with Crippen molar-refractivity contribution in [2.24, 2.45) is 0 Å². The van der Waals surface area contributed by atoms with E-state index in [2.05, 4.69) is 9.97 Å². The van der Waals surface area contributed by atoms with Gasteiger partial charge in [-0.25, -0.2) is 9.97 Å². The smallest absolute Gasteiger partial charge is 0.135 e. The molecule has 0 saturated carbocycles. The molecule has 0 aliphatic rings. The molecule has 1 heterocycles.